The van der Waals surface area contributed by atoms with Crippen molar-refractivity contribution in [3.63, 3.8) is 0 Å². The minimum atomic E-state index is -0.557. The van der Waals surface area contributed by atoms with Crippen molar-refractivity contribution in [2.24, 2.45) is 5.73 Å². The number of nitrogens with two attached hydrogens (primary N) is 1. The van der Waals surface area contributed by atoms with E-state index in [2.05, 4.69) is 16.9 Å². The van der Waals surface area contributed by atoms with Gasteiger partial charge < -0.3 is 11.1 Å². The Kier molecular flexibility index (Phi) is 3.48. The maximum atomic E-state index is 10.8. The van der Waals surface area contributed by atoms with Crippen LogP contribution in [-0.2, 0) is 0 Å². The molecule has 3 N–H and O–H groups in total. The summed E-state index contributed by atoms with van der Waals surface area (Å²) in [5.41, 5.74) is 6.02. The third kappa shape index (κ3) is 3.06. The van der Waals surface area contributed by atoms with E-state index in [1.54, 1.807) is 12.1 Å². The second kappa shape index (κ2) is 4.62. The summed E-state index contributed by atoms with van der Waals surface area (Å²) in [4.78, 5) is 14.6. The van der Waals surface area contributed by atoms with Gasteiger partial charge in [-0.3, -0.25) is 9.78 Å². The van der Waals surface area contributed by atoms with E-state index in [0.29, 0.717) is 11.6 Å². The van der Waals surface area contributed by atoms with Crippen LogP contribution in [0.5, 0.6) is 0 Å². The number of pyridine rings is 1. The van der Waals surface area contributed by atoms with Gasteiger partial charge in [0.2, 0.25) is 0 Å². The van der Waals surface area contributed by atoms with Crippen molar-refractivity contribution in [1.29, 1.82) is 0 Å². The molecule has 0 saturated heterocycles. The molecule has 0 saturated carbocycles. The van der Waals surface area contributed by atoms with Crippen LogP contribution in [0.25, 0.3) is 0 Å². The maximum absolute atomic E-state index is 10.8. The summed E-state index contributed by atoms with van der Waals surface area (Å²) < 4.78 is 0. The Bertz CT molecular complexity index is 365. The Balaban J connectivity index is 2.73. The minimum Gasteiger partial charge on any atom is -0.380 e. The number of amides is 1. The third-order valence-electron chi connectivity index (χ3n) is 1.50. The van der Waals surface area contributed by atoms with Gasteiger partial charge in [-0.25, -0.2) is 0 Å². The van der Waals surface area contributed by atoms with Gasteiger partial charge in [0.05, 0.1) is 6.54 Å². The molecule has 4 nitrogen and oxygen atoms in total. The topological polar surface area (TPSA) is 68.0 Å². The predicted octanol–water partition coefficient (Wildman–Crippen LogP) is 1.34. The van der Waals surface area contributed by atoms with Crippen molar-refractivity contribution in [1.82, 2.24) is 4.98 Å². The first kappa shape index (κ1) is 10.5. The van der Waals surface area contributed by atoms with Crippen LogP contribution in [0.1, 0.15) is 10.5 Å². The van der Waals surface area contributed by atoms with Crippen LogP contribution < -0.4 is 11.1 Å². The van der Waals surface area contributed by atoms with Gasteiger partial charge >= 0.3 is 0 Å². The van der Waals surface area contributed by atoms with Gasteiger partial charge in [0, 0.05) is 16.9 Å². The van der Waals surface area contributed by atoms with Gasteiger partial charge in [0.25, 0.3) is 5.91 Å². The number of aromatic nitrogens is 1. The number of hydrogen-bond donors (Lipinski definition) is 2. The molecule has 14 heavy (non-hydrogen) atoms. The summed E-state index contributed by atoms with van der Waals surface area (Å²) in [7, 11) is 0. The van der Waals surface area contributed by atoms with Crippen LogP contribution in [0.2, 0.25) is 0 Å². The molecule has 74 valence electrons. The van der Waals surface area contributed by atoms with Crippen molar-refractivity contribution >= 4 is 23.2 Å². The first-order valence-electron chi connectivity index (χ1n) is 3.92. The Hall–Kier alpha value is -1.55. The van der Waals surface area contributed by atoms with E-state index in [1.807, 2.05) is 0 Å². The highest BCUT2D eigenvalue weighted by Crippen LogP contribution is 2.08. The molecule has 0 unspecified atom stereocenters. The molecule has 0 radical (unpaired) electrons. The van der Waals surface area contributed by atoms with Crippen molar-refractivity contribution < 1.29 is 4.79 Å². The zero-order valence-electron chi connectivity index (χ0n) is 7.46. The lowest BCUT2D eigenvalue weighted by atomic mass is 10.3. The quantitative estimate of drug-likeness (QED) is 0.790. The van der Waals surface area contributed by atoms with Gasteiger partial charge in [-0.1, -0.05) is 18.2 Å². The summed E-state index contributed by atoms with van der Waals surface area (Å²) in [5, 5.41) is 3.45. The van der Waals surface area contributed by atoms with Gasteiger partial charge in [0.15, 0.2) is 0 Å². The van der Waals surface area contributed by atoms with Gasteiger partial charge in [-0.05, 0) is 12.1 Å². The fraction of sp³-hybridized carbons (Fsp3) is 0.111. The minimum absolute atomic E-state index is 0.218. The number of hydrogen-bond acceptors (Lipinski definition) is 3. The average Bonchev–Trinajstić information content (AvgIpc) is 2.15. The molecular formula is C9H10ClN3O. The van der Waals surface area contributed by atoms with E-state index in [9.17, 15) is 4.79 Å². The molecular weight excluding hydrogens is 202 g/mol. The second-order valence-electron chi connectivity index (χ2n) is 2.66. The van der Waals surface area contributed by atoms with E-state index in [4.69, 9.17) is 17.3 Å². The monoisotopic (exact) mass is 211 g/mol. The van der Waals surface area contributed by atoms with Crippen LogP contribution in [0, 0.1) is 0 Å². The third-order valence-corrected chi connectivity index (χ3v) is 1.63. The molecule has 1 aromatic heterocycles. The van der Waals surface area contributed by atoms with Crippen LogP contribution in [-0.4, -0.2) is 17.4 Å². The van der Waals surface area contributed by atoms with Crippen LogP contribution in [0.4, 0.5) is 5.69 Å². The molecule has 0 aliphatic rings. The summed E-state index contributed by atoms with van der Waals surface area (Å²) in [5.74, 6) is -0.557. The SMILES string of the molecule is C=C(Cl)CNc1ccnc(C(N)=O)c1. The molecule has 5 heteroatoms. The number of nitrogens with one attached hydrogen (secondary N) is 1. The van der Waals surface area contributed by atoms with Crippen LogP contribution >= 0.6 is 11.6 Å². The molecule has 1 aromatic rings. The van der Waals surface area contributed by atoms with E-state index < -0.39 is 5.91 Å². The highest BCUT2D eigenvalue weighted by molar-refractivity contribution is 6.29. The molecule has 0 bridgehead atoms. The Morgan fingerprint density at radius 2 is 2.43 bits per heavy atom. The standard InChI is InChI=1S/C9H10ClN3O/c1-6(10)5-13-7-2-3-12-8(4-7)9(11)14/h2-4H,1,5H2,(H2,11,14)(H,12,13). The molecule has 0 atom stereocenters. The lowest BCUT2D eigenvalue weighted by molar-refractivity contribution is 0.0995. The normalized spacial score (nSPS) is 9.50. The van der Waals surface area contributed by atoms with Gasteiger partial charge in [0.1, 0.15) is 5.69 Å². The van der Waals surface area contributed by atoms with Gasteiger partial charge in [-0.2, -0.15) is 0 Å². The van der Waals surface area contributed by atoms with Crippen LogP contribution in [0.3, 0.4) is 0 Å². The van der Waals surface area contributed by atoms with E-state index in [-0.39, 0.29) is 5.69 Å². The fourth-order valence-electron chi connectivity index (χ4n) is 0.873. The number of carbonyl (C=O) groups excluding carboxylic acids is 1. The maximum Gasteiger partial charge on any atom is 0.267 e. The summed E-state index contributed by atoms with van der Waals surface area (Å²) in [6.45, 7) is 3.96. The summed E-state index contributed by atoms with van der Waals surface area (Å²) in [6.07, 6.45) is 1.50. The molecule has 0 fully saturated rings. The Labute approximate surface area is 86.8 Å². The van der Waals surface area contributed by atoms with E-state index >= 15 is 0 Å². The van der Waals surface area contributed by atoms with E-state index in [0.717, 1.165) is 5.69 Å². The van der Waals surface area contributed by atoms with Crippen LogP contribution in [0.15, 0.2) is 29.9 Å². The number of rotatable bonds is 4. The molecule has 1 amide bonds. The molecule has 1 heterocycles. The van der Waals surface area contributed by atoms with E-state index in [1.165, 1.54) is 6.20 Å². The number of primary amides is 1. The van der Waals surface area contributed by atoms with Gasteiger partial charge in [-0.15, -0.1) is 0 Å². The number of halogens is 1. The number of nitrogens with zero attached hydrogens (tertiary/aromatic N) is 1. The Morgan fingerprint density at radius 3 is 3.00 bits per heavy atom. The number of carbonyl (C=O) groups is 1. The van der Waals surface area contributed by atoms with Crippen molar-refractivity contribution in [3.05, 3.63) is 35.6 Å². The van der Waals surface area contributed by atoms with Crippen molar-refractivity contribution in [3.8, 4) is 0 Å². The molecule has 0 aliphatic heterocycles. The highest BCUT2D eigenvalue weighted by atomic mass is 35.5. The second-order valence-corrected chi connectivity index (χ2v) is 3.20. The largest absolute Gasteiger partial charge is 0.380 e. The fourth-order valence-corrected chi connectivity index (χ4v) is 0.940. The lowest BCUT2D eigenvalue weighted by Crippen LogP contribution is -2.13. The summed E-state index contributed by atoms with van der Waals surface area (Å²) >= 11 is 5.57. The lowest BCUT2D eigenvalue weighted by Gasteiger charge is -2.04. The highest BCUT2D eigenvalue weighted by Gasteiger charge is 2.02. The molecule has 1 rings (SSSR count). The smallest absolute Gasteiger partial charge is 0.267 e. The Morgan fingerprint density at radius 1 is 1.71 bits per heavy atom. The van der Waals surface area contributed by atoms with Crippen molar-refractivity contribution in [2.75, 3.05) is 11.9 Å². The number of anilines is 1. The summed E-state index contributed by atoms with van der Waals surface area (Å²) in [6, 6.07) is 3.27. The van der Waals surface area contributed by atoms with Crippen molar-refractivity contribution in [2.45, 2.75) is 0 Å². The average molecular weight is 212 g/mol. The predicted molar refractivity (Wildman–Crippen MR) is 56.2 cm³/mol. The first-order chi connectivity index (χ1) is 6.59. The molecule has 0 aromatic carbocycles. The molecule has 0 spiro atoms. The zero-order chi connectivity index (χ0) is 10.6. The molecule has 0 aliphatic carbocycles. The zero-order valence-corrected chi connectivity index (χ0v) is 8.21. The first-order valence-corrected chi connectivity index (χ1v) is 4.30.